The molecule has 2 aromatic rings. The molecule has 0 fully saturated rings. The van der Waals surface area contributed by atoms with Crippen molar-refractivity contribution >= 4 is 15.9 Å². The Morgan fingerprint density at radius 1 is 1.37 bits per heavy atom. The molecule has 0 saturated heterocycles. The fourth-order valence-corrected chi connectivity index (χ4v) is 2.00. The molecule has 2 N–H and O–H groups in total. The second-order valence-corrected chi connectivity index (χ2v) is 4.96. The van der Waals surface area contributed by atoms with Gasteiger partial charge in [-0.15, -0.1) is 0 Å². The number of hydrogen-bond donors (Lipinski definition) is 1. The van der Waals surface area contributed by atoms with Gasteiger partial charge in [0.1, 0.15) is 17.3 Å². The highest BCUT2D eigenvalue weighted by Gasteiger charge is 2.07. The van der Waals surface area contributed by atoms with Crippen LogP contribution in [0, 0.1) is 5.82 Å². The standard InChI is InChI=1S/C14H14BrFN2O/c1-2-12(17)13-5-4-10(8-18-13)19-14-6-3-9(16)7-11(14)15/h3-8,12H,2,17H2,1H3. The van der Waals surface area contributed by atoms with Crippen LogP contribution in [0.15, 0.2) is 41.0 Å². The van der Waals surface area contributed by atoms with Gasteiger partial charge in [0.2, 0.25) is 0 Å². The Bertz CT molecular complexity index is 560. The third kappa shape index (κ3) is 3.52. The van der Waals surface area contributed by atoms with Crippen LogP contribution in [0.25, 0.3) is 0 Å². The molecule has 0 aliphatic rings. The van der Waals surface area contributed by atoms with Crippen molar-refractivity contribution in [3.63, 3.8) is 0 Å². The van der Waals surface area contributed by atoms with Gasteiger partial charge in [-0.05, 0) is 52.7 Å². The van der Waals surface area contributed by atoms with Gasteiger partial charge in [-0.3, -0.25) is 4.98 Å². The van der Waals surface area contributed by atoms with Crippen LogP contribution >= 0.6 is 15.9 Å². The van der Waals surface area contributed by atoms with Gasteiger partial charge >= 0.3 is 0 Å². The molecule has 0 saturated carbocycles. The number of benzene rings is 1. The largest absolute Gasteiger partial charge is 0.455 e. The van der Waals surface area contributed by atoms with Crippen molar-refractivity contribution < 1.29 is 9.13 Å². The highest BCUT2D eigenvalue weighted by Crippen LogP contribution is 2.30. The third-order valence-corrected chi connectivity index (χ3v) is 3.32. The second-order valence-electron chi connectivity index (χ2n) is 4.11. The van der Waals surface area contributed by atoms with E-state index in [4.69, 9.17) is 10.5 Å². The fourth-order valence-electron chi connectivity index (χ4n) is 1.57. The first-order valence-corrected chi connectivity index (χ1v) is 6.74. The molecule has 0 amide bonds. The molecule has 0 bridgehead atoms. The number of pyridine rings is 1. The van der Waals surface area contributed by atoms with Gasteiger partial charge in [-0.1, -0.05) is 6.92 Å². The molecular weight excluding hydrogens is 311 g/mol. The first kappa shape index (κ1) is 14.0. The highest BCUT2D eigenvalue weighted by molar-refractivity contribution is 9.10. The molecule has 1 heterocycles. The Labute approximate surface area is 119 Å². The zero-order valence-electron chi connectivity index (χ0n) is 10.4. The van der Waals surface area contributed by atoms with Crippen molar-refractivity contribution in [2.24, 2.45) is 5.73 Å². The van der Waals surface area contributed by atoms with Crippen molar-refractivity contribution in [3.05, 3.63) is 52.5 Å². The second kappa shape index (κ2) is 6.12. The van der Waals surface area contributed by atoms with E-state index in [0.717, 1.165) is 12.1 Å². The van der Waals surface area contributed by atoms with Gasteiger partial charge in [-0.25, -0.2) is 4.39 Å². The van der Waals surface area contributed by atoms with Crippen molar-refractivity contribution in [2.75, 3.05) is 0 Å². The number of nitrogens with two attached hydrogens (primary N) is 1. The highest BCUT2D eigenvalue weighted by atomic mass is 79.9. The third-order valence-electron chi connectivity index (χ3n) is 2.70. The van der Waals surface area contributed by atoms with Gasteiger partial charge in [0, 0.05) is 6.04 Å². The summed E-state index contributed by atoms with van der Waals surface area (Å²) in [5, 5.41) is 0. The number of ether oxygens (including phenoxy) is 1. The molecule has 19 heavy (non-hydrogen) atoms. The van der Waals surface area contributed by atoms with Crippen LogP contribution in [-0.2, 0) is 0 Å². The average Bonchev–Trinajstić information content (AvgIpc) is 2.42. The van der Waals surface area contributed by atoms with Crippen molar-refractivity contribution in [1.29, 1.82) is 0 Å². The molecule has 1 unspecified atom stereocenters. The van der Waals surface area contributed by atoms with E-state index in [1.165, 1.54) is 12.1 Å². The molecular formula is C14H14BrFN2O. The van der Waals surface area contributed by atoms with E-state index in [2.05, 4.69) is 20.9 Å². The van der Waals surface area contributed by atoms with E-state index in [9.17, 15) is 4.39 Å². The smallest absolute Gasteiger partial charge is 0.145 e. The predicted octanol–water partition coefficient (Wildman–Crippen LogP) is 4.19. The summed E-state index contributed by atoms with van der Waals surface area (Å²) in [6, 6.07) is 7.82. The summed E-state index contributed by atoms with van der Waals surface area (Å²) < 4.78 is 19.1. The van der Waals surface area contributed by atoms with E-state index in [0.29, 0.717) is 16.0 Å². The monoisotopic (exact) mass is 324 g/mol. The molecule has 0 spiro atoms. The van der Waals surface area contributed by atoms with Crippen LogP contribution < -0.4 is 10.5 Å². The summed E-state index contributed by atoms with van der Waals surface area (Å²) in [4.78, 5) is 4.25. The molecule has 100 valence electrons. The lowest BCUT2D eigenvalue weighted by Crippen LogP contribution is -2.10. The Morgan fingerprint density at radius 3 is 2.74 bits per heavy atom. The van der Waals surface area contributed by atoms with Crippen LogP contribution in [0.5, 0.6) is 11.5 Å². The Morgan fingerprint density at radius 2 is 2.16 bits per heavy atom. The Hall–Kier alpha value is -1.46. The summed E-state index contributed by atoms with van der Waals surface area (Å²) in [5.74, 6) is 0.803. The first-order valence-electron chi connectivity index (χ1n) is 5.94. The maximum absolute atomic E-state index is 13.0. The SMILES string of the molecule is CCC(N)c1ccc(Oc2ccc(F)cc2Br)cn1. The molecule has 2 rings (SSSR count). The van der Waals surface area contributed by atoms with Crippen LogP contribution in [0.1, 0.15) is 25.1 Å². The van der Waals surface area contributed by atoms with E-state index in [1.807, 2.05) is 13.0 Å². The zero-order chi connectivity index (χ0) is 13.8. The minimum atomic E-state index is -0.318. The van der Waals surface area contributed by atoms with Gasteiger partial charge in [0.25, 0.3) is 0 Å². The summed E-state index contributed by atoms with van der Waals surface area (Å²) in [6.07, 6.45) is 2.44. The summed E-state index contributed by atoms with van der Waals surface area (Å²) >= 11 is 3.25. The van der Waals surface area contributed by atoms with Crippen molar-refractivity contribution in [3.8, 4) is 11.5 Å². The van der Waals surface area contributed by atoms with E-state index >= 15 is 0 Å². The van der Waals surface area contributed by atoms with Gasteiger partial charge in [0.15, 0.2) is 0 Å². The molecule has 0 aliphatic heterocycles. The Balaban J connectivity index is 2.15. The average molecular weight is 325 g/mol. The topological polar surface area (TPSA) is 48.1 Å². The normalized spacial score (nSPS) is 12.2. The molecule has 1 atom stereocenters. The van der Waals surface area contributed by atoms with Crippen LogP contribution in [0.4, 0.5) is 4.39 Å². The quantitative estimate of drug-likeness (QED) is 0.917. The zero-order valence-corrected chi connectivity index (χ0v) is 12.0. The summed E-state index contributed by atoms with van der Waals surface area (Å²) in [6.45, 7) is 2.01. The predicted molar refractivity (Wildman–Crippen MR) is 75.6 cm³/mol. The fraction of sp³-hybridized carbons (Fsp3) is 0.214. The number of nitrogens with zero attached hydrogens (tertiary/aromatic N) is 1. The lowest BCUT2D eigenvalue weighted by Gasteiger charge is -2.10. The van der Waals surface area contributed by atoms with E-state index in [1.54, 1.807) is 18.3 Å². The lowest BCUT2D eigenvalue weighted by atomic mass is 10.1. The minimum Gasteiger partial charge on any atom is -0.455 e. The molecule has 5 heteroatoms. The number of rotatable bonds is 4. The van der Waals surface area contributed by atoms with Gasteiger partial charge < -0.3 is 10.5 Å². The Kier molecular flexibility index (Phi) is 4.50. The number of aromatic nitrogens is 1. The molecule has 0 aliphatic carbocycles. The molecule has 1 aromatic carbocycles. The van der Waals surface area contributed by atoms with Crippen molar-refractivity contribution in [2.45, 2.75) is 19.4 Å². The number of halogens is 2. The van der Waals surface area contributed by atoms with Crippen LogP contribution in [0.2, 0.25) is 0 Å². The van der Waals surface area contributed by atoms with Gasteiger partial charge in [0.05, 0.1) is 16.4 Å². The van der Waals surface area contributed by atoms with Crippen LogP contribution in [0.3, 0.4) is 0 Å². The summed E-state index contributed by atoms with van der Waals surface area (Å²) in [5.41, 5.74) is 6.71. The van der Waals surface area contributed by atoms with E-state index in [-0.39, 0.29) is 11.9 Å². The van der Waals surface area contributed by atoms with Crippen molar-refractivity contribution in [1.82, 2.24) is 4.98 Å². The minimum absolute atomic E-state index is 0.0633. The van der Waals surface area contributed by atoms with Crippen LogP contribution in [-0.4, -0.2) is 4.98 Å². The summed E-state index contributed by atoms with van der Waals surface area (Å²) in [7, 11) is 0. The molecule has 1 aromatic heterocycles. The van der Waals surface area contributed by atoms with Gasteiger partial charge in [-0.2, -0.15) is 0 Å². The first-order chi connectivity index (χ1) is 9.10. The molecule has 3 nitrogen and oxygen atoms in total. The molecule has 0 radical (unpaired) electrons. The van der Waals surface area contributed by atoms with E-state index < -0.39 is 0 Å². The number of hydrogen-bond acceptors (Lipinski definition) is 3. The lowest BCUT2D eigenvalue weighted by molar-refractivity contribution is 0.474. The maximum atomic E-state index is 13.0. The maximum Gasteiger partial charge on any atom is 0.145 e.